The molecule has 22 nitrogen and oxygen atoms in total. The number of carbonyl (C=O) groups excluding carboxylic acids is 9. The Bertz CT molecular complexity index is 3000. The number of amides is 2. The standard InChI is InChI=1S/C61H73N3O19/c1-32(2)27-45(69)80-42-29-43-60(31-77-43,83-36(7)66)51-53(82-56(74)38-21-15-12-16-22-38)61(76)30-41(34(5)47(58(61,8)9)49(78-35(6)65)52(71)59(42,51)10)79-57(75)50(81-46(70)28-33(3)4)48(37-19-13-11-14-20-37)64-55(73)40(24-25-44(67)68)63-54(72)39-23-17-18-26-62-39/h11-23,26,32-33,40-43,48-51,53,76H,24-25,27-31H2,1-10H3,(H,63,72)(H,64,73)(H,67,68)/t40-,41+,42+,43-,48+,49-,50-,51+,53+,59-,60+,61-/m1/s1. The Balaban J connectivity index is 1.43. The molecule has 3 aliphatic carbocycles. The van der Waals surface area contributed by atoms with E-state index >= 15 is 9.59 Å². The van der Waals surface area contributed by atoms with E-state index in [2.05, 4.69) is 15.6 Å². The highest BCUT2D eigenvalue weighted by Gasteiger charge is 2.79. The van der Waals surface area contributed by atoms with Gasteiger partial charge in [-0.05, 0) is 73.1 Å². The average Bonchev–Trinajstić information content (AvgIpc) is 1.00. The molecule has 2 bridgehead atoms. The summed E-state index contributed by atoms with van der Waals surface area (Å²) in [5.74, 6) is -12.1. The number of aromatic nitrogens is 1. The van der Waals surface area contributed by atoms with E-state index in [-0.39, 0.29) is 59.1 Å². The lowest BCUT2D eigenvalue weighted by Gasteiger charge is -2.67. The highest BCUT2D eigenvalue weighted by atomic mass is 16.6. The van der Waals surface area contributed by atoms with E-state index in [0.717, 1.165) is 13.8 Å². The van der Waals surface area contributed by atoms with Gasteiger partial charge in [-0.15, -0.1) is 0 Å². The van der Waals surface area contributed by atoms with E-state index in [1.165, 1.54) is 70.3 Å². The van der Waals surface area contributed by atoms with E-state index in [0.29, 0.717) is 0 Å². The summed E-state index contributed by atoms with van der Waals surface area (Å²) in [4.78, 5) is 145. The molecule has 1 aromatic heterocycles. The predicted octanol–water partition coefficient (Wildman–Crippen LogP) is 5.67. The number of nitrogens with one attached hydrogen (secondary N) is 2. The zero-order valence-electron chi connectivity index (χ0n) is 48.2. The van der Waals surface area contributed by atoms with Crippen LogP contribution in [-0.4, -0.2) is 135 Å². The summed E-state index contributed by atoms with van der Waals surface area (Å²) >= 11 is 0. The van der Waals surface area contributed by atoms with Gasteiger partial charge in [0.2, 0.25) is 12.0 Å². The Morgan fingerprint density at radius 2 is 1.41 bits per heavy atom. The molecule has 1 saturated heterocycles. The Hall–Kier alpha value is -7.85. The number of pyridine rings is 1. The number of aliphatic carboxylic acids is 1. The third kappa shape index (κ3) is 13.0. The number of esters is 6. The minimum absolute atomic E-state index is 0.00672. The number of Topliss-reactive ketones (excluding diaryl/α,β-unsaturated/α-hetero) is 1. The number of carboxylic acids is 1. The molecule has 2 aromatic carbocycles. The second-order valence-corrected chi connectivity index (χ2v) is 23.3. The maximum absolute atomic E-state index is 16.4. The number of rotatable bonds is 21. The van der Waals surface area contributed by atoms with Gasteiger partial charge in [0.15, 0.2) is 17.5 Å². The fourth-order valence-electron chi connectivity index (χ4n) is 12.2. The maximum Gasteiger partial charge on any atom is 0.350 e. The zero-order valence-corrected chi connectivity index (χ0v) is 48.2. The first-order valence-electron chi connectivity index (χ1n) is 27.7. The zero-order chi connectivity index (χ0) is 60.9. The molecule has 4 N–H and O–H groups in total. The third-order valence-electron chi connectivity index (χ3n) is 16.2. The molecule has 1 aliphatic heterocycles. The van der Waals surface area contributed by atoms with Crippen molar-refractivity contribution in [3.8, 4) is 0 Å². The van der Waals surface area contributed by atoms with Crippen molar-refractivity contribution in [1.82, 2.24) is 15.6 Å². The molecule has 7 rings (SSSR count). The highest BCUT2D eigenvalue weighted by Crippen LogP contribution is 2.65. The summed E-state index contributed by atoms with van der Waals surface area (Å²) in [6, 6.07) is 16.7. The largest absolute Gasteiger partial charge is 0.481 e. The lowest BCUT2D eigenvalue weighted by molar-refractivity contribution is -0.346. The van der Waals surface area contributed by atoms with E-state index in [4.69, 9.17) is 33.2 Å². The smallest absolute Gasteiger partial charge is 0.350 e. The first-order chi connectivity index (χ1) is 39.0. The van der Waals surface area contributed by atoms with Crippen molar-refractivity contribution in [2.24, 2.45) is 28.6 Å². The minimum atomic E-state index is -2.58. The minimum Gasteiger partial charge on any atom is -0.481 e. The molecule has 22 heteroatoms. The van der Waals surface area contributed by atoms with Gasteiger partial charge in [0.25, 0.3) is 5.91 Å². The number of aliphatic hydroxyl groups is 1. The molecule has 4 aliphatic rings. The van der Waals surface area contributed by atoms with Crippen molar-refractivity contribution in [2.75, 3.05) is 6.61 Å². The first kappa shape index (κ1) is 62.7. The number of nitrogens with zero attached hydrogens (tertiary/aromatic N) is 1. The second kappa shape index (κ2) is 25.3. The number of ether oxygens (including phenoxy) is 7. The van der Waals surface area contributed by atoms with Crippen LogP contribution in [0.4, 0.5) is 0 Å². The van der Waals surface area contributed by atoms with Crippen LogP contribution in [0.5, 0.6) is 0 Å². The number of benzene rings is 2. The first-order valence-corrected chi connectivity index (χ1v) is 27.7. The SMILES string of the molecule is CC(=O)O[C@H]1C(=O)[C@]2(C)[C@@H](OC(=O)CC(C)C)C[C@H]3OC[C@@]3(OC(C)=O)[C@H]2[C@H](OC(=O)c2ccccc2)[C@]2(O)C[C@H](OC(=O)[C@H](OC(=O)CC(C)C)[C@@H](NC(=O)[C@@H](CCC(=O)O)NC(=O)c3ccccn3)c3ccccc3)C(C)=C1C2(C)C. The van der Waals surface area contributed by atoms with Crippen molar-refractivity contribution < 1.29 is 91.3 Å². The molecule has 0 radical (unpaired) electrons. The summed E-state index contributed by atoms with van der Waals surface area (Å²) in [7, 11) is 0. The third-order valence-corrected chi connectivity index (χ3v) is 16.2. The molecule has 2 saturated carbocycles. The number of hydrogen-bond acceptors (Lipinski definition) is 19. The Morgan fingerprint density at radius 1 is 0.783 bits per heavy atom. The van der Waals surface area contributed by atoms with Gasteiger partial charge >= 0.3 is 41.8 Å². The molecule has 83 heavy (non-hydrogen) atoms. The van der Waals surface area contributed by atoms with Crippen LogP contribution in [0.25, 0.3) is 0 Å². The van der Waals surface area contributed by atoms with E-state index in [1.54, 1.807) is 70.2 Å². The van der Waals surface area contributed by atoms with Crippen LogP contribution in [0.1, 0.15) is 140 Å². The van der Waals surface area contributed by atoms with Gasteiger partial charge in [-0.25, -0.2) is 9.59 Å². The van der Waals surface area contributed by atoms with Crippen molar-refractivity contribution in [3.63, 3.8) is 0 Å². The Labute approximate surface area is 480 Å². The molecular formula is C61H73N3O19. The van der Waals surface area contributed by atoms with E-state index in [9.17, 15) is 48.6 Å². The van der Waals surface area contributed by atoms with Crippen LogP contribution in [0.2, 0.25) is 0 Å². The van der Waals surface area contributed by atoms with Gasteiger partial charge in [0, 0.05) is 57.6 Å². The summed E-state index contributed by atoms with van der Waals surface area (Å²) in [5.41, 5.74) is -8.52. The lowest BCUT2D eigenvalue weighted by atomic mass is 9.44. The van der Waals surface area contributed by atoms with Gasteiger partial charge in [0.05, 0.1) is 23.5 Å². The summed E-state index contributed by atoms with van der Waals surface area (Å²) < 4.78 is 43.7. The second-order valence-electron chi connectivity index (χ2n) is 23.3. The monoisotopic (exact) mass is 1150 g/mol. The predicted molar refractivity (Wildman–Crippen MR) is 291 cm³/mol. The van der Waals surface area contributed by atoms with Crippen LogP contribution < -0.4 is 10.6 Å². The number of carboxylic acid groups (broad SMARTS) is 1. The fourth-order valence-corrected chi connectivity index (χ4v) is 12.2. The molecule has 2 amide bonds. The van der Waals surface area contributed by atoms with Gasteiger partial charge in [-0.3, -0.25) is 43.3 Å². The topological polar surface area (TPSA) is 313 Å². The van der Waals surface area contributed by atoms with Crippen LogP contribution in [0.3, 0.4) is 0 Å². The van der Waals surface area contributed by atoms with Crippen LogP contribution >= 0.6 is 0 Å². The van der Waals surface area contributed by atoms with Gasteiger partial charge in [-0.1, -0.05) is 96.1 Å². The van der Waals surface area contributed by atoms with Gasteiger partial charge in [-0.2, -0.15) is 0 Å². The maximum atomic E-state index is 16.4. The van der Waals surface area contributed by atoms with Crippen LogP contribution in [0.15, 0.2) is 96.2 Å². The molecule has 0 unspecified atom stereocenters. The molecule has 3 fully saturated rings. The van der Waals surface area contributed by atoms with Crippen molar-refractivity contribution in [1.29, 1.82) is 0 Å². The highest BCUT2D eigenvalue weighted by molar-refractivity contribution is 5.97. The van der Waals surface area contributed by atoms with Gasteiger partial charge < -0.3 is 54.0 Å². The lowest BCUT2D eigenvalue weighted by Crippen LogP contribution is -2.82. The fraction of sp³-hybridized carbons (Fsp3) is 0.525. The van der Waals surface area contributed by atoms with Crippen molar-refractivity contribution >= 4 is 59.4 Å². The molecule has 2 heterocycles. The van der Waals surface area contributed by atoms with Crippen molar-refractivity contribution in [3.05, 3.63) is 113 Å². The number of hydrogen-bond donors (Lipinski definition) is 4. The summed E-state index contributed by atoms with van der Waals surface area (Å²) in [5, 5.41) is 29.2. The normalized spacial score (nSPS) is 27.0. The van der Waals surface area contributed by atoms with E-state index < -0.39 is 162 Å². The quantitative estimate of drug-likeness (QED) is 0.0567. The number of ketones is 1. The average molecular weight is 1150 g/mol. The van der Waals surface area contributed by atoms with E-state index in [1.807, 2.05) is 0 Å². The number of fused-ring (bicyclic) bond motifs is 5. The molecular weight excluding hydrogens is 1080 g/mol. The molecule has 446 valence electrons. The van der Waals surface area contributed by atoms with Crippen LogP contribution in [-0.2, 0) is 71.5 Å². The molecule has 0 spiro atoms. The number of carbonyl (C=O) groups is 10. The Kier molecular flexibility index (Phi) is 19.2. The Morgan fingerprint density at radius 3 is 1.98 bits per heavy atom. The molecule has 3 aromatic rings. The van der Waals surface area contributed by atoms with Crippen molar-refractivity contribution in [2.45, 2.75) is 168 Å². The summed E-state index contributed by atoms with van der Waals surface area (Å²) in [6.07, 6.45) is -11.4. The van der Waals surface area contributed by atoms with Crippen LogP contribution in [0, 0.1) is 28.6 Å². The molecule has 12 atom stereocenters. The summed E-state index contributed by atoms with van der Waals surface area (Å²) in [6.45, 7) is 14.7. The van der Waals surface area contributed by atoms with Gasteiger partial charge in [0.1, 0.15) is 47.8 Å².